The van der Waals surface area contributed by atoms with Crippen LogP contribution in [0.3, 0.4) is 0 Å². The van der Waals surface area contributed by atoms with E-state index in [-0.39, 0.29) is 24.1 Å². The minimum atomic E-state index is -4.73. The third-order valence-corrected chi connectivity index (χ3v) is 3.48. The fourth-order valence-electron chi connectivity index (χ4n) is 2.15. The summed E-state index contributed by atoms with van der Waals surface area (Å²) >= 11 is 5.91. The molecule has 0 radical (unpaired) electrons. The first-order valence-corrected chi connectivity index (χ1v) is 7.50. The second-order valence-electron chi connectivity index (χ2n) is 5.21. The van der Waals surface area contributed by atoms with Gasteiger partial charge in [0.2, 0.25) is 5.91 Å². The molecule has 2 rings (SSSR count). The van der Waals surface area contributed by atoms with E-state index in [9.17, 15) is 18.0 Å². The molecule has 1 unspecified atom stereocenters. The van der Waals surface area contributed by atoms with Gasteiger partial charge in [-0.2, -0.15) is 0 Å². The summed E-state index contributed by atoms with van der Waals surface area (Å²) in [6, 6.07) is 12.1. The van der Waals surface area contributed by atoms with E-state index >= 15 is 0 Å². The van der Waals surface area contributed by atoms with Gasteiger partial charge >= 0.3 is 6.36 Å². The molecule has 0 bridgehead atoms. The fraction of sp³-hybridized carbons (Fsp3) is 0.235. The standard InChI is InChI=1S/C17H15ClF3NO2/c1-11(13-3-2-4-14(18)10-13)22-16(23)9-12-5-7-15(8-6-12)24-17(19,20)21/h2-8,10-11H,9H2,1H3,(H,22,23). The van der Waals surface area contributed by atoms with E-state index in [0.29, 0.717) is 10.6 Å². The predicted molar refractivity (Wildman–Crippen MR) is 84.8 cm³/mol. The molecule has 2 aromatic carbocycles. The van der Waals surface area contributed by atoms with Crippen LogP contribution in [0.15, 0.2) is 48.5 Å². The van der Waals surface area contributed by atoms with E-state index in [4.69, 9.17) is 11.6 Å². The Balaban J connectivity index is 1.92. The van der Waals surface area contributed by atoms with E-state index in [1.165, 1.54) is 24.3 Å². The van der Waals surface area contributed by atoms with E-state index in [0.717, 1.165) is 5.56 Å². The molecular formula is C17H15ClF3NO2. The molecule has 128 valence electrons. The van der Waals surface area contributed by atoms with Crippen molar-refractivity contribution in [1.82, 2.24) is 5.32 Å². The highest BCUT2D eigenvalue weighted by atomic mass is 35.5. The van der Waals surface area contributed by atoms with Gasteiger partial charge in [-0.05, 0) is 42.3 Å². The van der Waals surface area contributed by atoms with Crippen molar-refractivity contribution >= 4 is 17.5 Å². The number of alkyl halides is 3. The van der Waals surface area contributed by atoms with Crippen LogP contribution in [0.1, 0.15) is 24.1 Å². The van der Waals surface area contributed by atoms with E-state index < -0.39 is 6.36 Å². The first-order valence-electron chi connectivity index (χ1n) is 7.12. The number of halogens is 4. The smallest absolute Gasteiger partial charge is 0.406 e. The van der Waals surface area contributed by atoms with Crippen LogP contribution >= 0.6 is 11.6 Å². The second-order valence-corrected chi connectivity index (χ2v) is 5.65. The minimum absolute atomic E-state index is 0.0528. The monoisotopic (exact) mass is 357 g/mol. The number of ether oxygens (including phenoxy) is 1. The van der Waals surface area contributed by atoms with Crippen molar-refractivity contribution in [2.45, 2.75) is 25.7 Å². The van der Waals surface area contributed by atoms with Crippen LogP contribution < -0.4 is 10.1 Å². The van der Waals surface area contributed by atoms with Crippen molar-refractivity contribution in [2.75, 3.05) is 0 Å². The maximum atomic E-state index is 12.1. The molecule has 1 amide bonds. The Morgan fingerprint density at radius 3 is 2.46 bits per heavy atom. The minimum Gasteiger partial charge on any atom is -0.406 e. The van der Waals surface area contributed by atoms with E-state index in [1.807, 2.05) is 13.0 Å². The molecule has 0 aromatic heterocycles. The van der Waals surface area contributed by atoms with Crippen LogP contribution in [-0.4, -0.2) is 12.3 Å². The van der Waals surface area contributed by atoms with Crippen LogP contribution in [-0.2, 0) is 11.2 Å². The highest BCUT2D eigenvalue weighted by Gasteiger charge is 2.30. The van der Waals surface area contributed by atoms with Gasteiger partial charge < -0.3 is 10.1 Å². The van der Waals surface area contributed by atoms with Gasteiger partial charge in [-0.15, -0.1) is 13.2 Å². The van der Waals surface area contributed by atoms with Crippen molar-refractivity contribution in [2.24, 2.45) is 0 Å². The van der Waals surface area contributed by atoms with Gasteiger partial charge in [0, 0.05) is 5.02 Å². The number of amides is 1. The van der Waals surface area contributed by atoms with Gasteiger partial charge in [0.25, 0.3) is 0 Å². The van der Waals surface area contributed by atoms with Crippen molar-refractivity contribution in [1.29, 1.82) is 0 Å². The Bertz CT molecular complexity index is 702. The lowest BCUT2D eigenvalue weighted by Crippen LogP contribution is -2.28. The van der Waals surface area contributed by atoms with Gasteiger partial charge in [-0.25, -0.2) is 0 Å². The summed E-state index contributed by atoms with van der Waals surface area (Å²) in [5.74, 6) is -0.564. The Labute approximate surface area is 142 Å². The van der Waals surface area contributed by atoms with Crippen LogP contribution in [0, 0.1) is 0 Å². The van der Waals surface area contributed by atoms with E-state index in [2.05, 4.69) is 10.1 Å². The van der Waals surface area contributed by atoms with Crippen LogP contribution in [0.5, 0.6) is 5.75 Å². The Kier molecular flexibility index (Phi) is 5.72. The zero-order valence-corrected chi connectivity index (χ0v) is 13.5. The molecule has 0 saturated heterocycles. The summed E-state index contributed by atoms with van der Waals surface area (Å²) in [7, 11) is 0. The largest absolute Gasteiger partial charge is 0.573 e. The quantitative estimate of drug-likeness (QED) is 0.845. The topological polar surface area (TPSA) is 38.3 Å². The Morgan fingerprint density at radius 2 is 1.88 bits per heavy atom. The summed E-state index contributed by atoms with van der Waals surface area (Å²) in [4.78, 5) is 12.0. The third-order valence-electron chi connectivity index (χ3n) is 3.25. The summed E-state index contributed by atoms with van der Waals surface area (Å²) in [5.41, 5.74) is 1.45. The number of nitrogens with one attached hydrogen (secondary N) is 1. The molecule has 0 fully saturated rings. The van der Waals surface area contributed by atoms with Crippen LogP contribution in [0.4, 0.5) is 13.2 Å². The molecule has 7 heteroatoms. The second kappa shape index (κ2) is 7.57. The molecule has 0 heterocycles. The average Bonchev–Trinajstić information content (AvgIpc) is 2.47. The lowest BCUT2D eigenvalue weighted by Gasteiger charge is -2.15. The van der Waals surface area contributed by atoms with Gasteiger partial charge in [0.15, 0.2) is 0 Å². The summed E-state index contributed by atoms with van der Waals surface area (Å²) in [5, 5.41) is 3.39. The van der Waals surface area contributed by atoms with Crippen LogP contribution in [0.2, 0.25) is 5.02 Å². The molecule has 0 saturated carbocycles. The Morgan fingerprint density at radius 1 is 1.21 bits per heavy atom. The van der Waals surface area contributed by atoms with E-state index in [1.54, 1.807) is 18.2 Å². The molecule has 0 aliphatic carbocycles. The molecule has 2 aromatic rings. The first kappa shape index (κ1) is 18.1. The fourth-order valence-corrected chi connectivity index (χ4v) is 2.34. The van der Waals surface area contributed by atoms with Gasteiger partial charge in [-0.3, -0.25) is 4.79 Å². The lowest BCUT2D eigenvalue weighted by molar-refractivity contribution is -0.274. The highest BCUT2D eigenvalue weighted by Crippen LogP contribution is 2.23. The third kappa shape index (κ3) is 5.77. The SMILES string of the molecule is CC(NC(=O)Cc1ccc(OC(F)(F)F)cc1)c1cccc(Cl)c1. The molecule has 1 N–H and O–H groups in total. The van der Waals surface area contributed by atoms with Gasteiger partial charge in [-0.1, -0.05) is 35.9 Å². The summed E-state index contributed by atoms with van der Waals surface area (Å²) in [6.07, 6.45) is -4.68. The predicted octanol–water partition coefficient (Wildman–Crippen LogP) is 4.66. The zero-order valence-electron chi connectivity index (χ0n) is 12.7. The number of hydrogen-bond acceptors (Lipinski definition) is 2. The normalized spacial score (nSPS) is 12.5. The summed E-state index contributed by atoms with van der Waals surface area (Å²) in [6.45, 7) is 1.82. The number of rotatable bonds is 5. The molecular weight excluding hydrogens is 343 g/mol. The summed E-state index contributed by atoms with van der Waals surface area (Å²) < 4.78 is 40.1. The molecule has 3 nitrogen and oxygen atoms in total. The Hall–Kier alpha value is -2.21. The number of hydrogen-bond donors (Lipinski definition) is 1. The molecule has 0 aliphatic heterocycles. The number of benzene rings is 2. The number of carbonyl (C=O) groups excluding carboxylic acids is 1. The van der Waals surface area contributed by atoms with Gasteiger partial charge in [0.1, 0.15) is 5.75 Å². The zero-order chi connectivity index (χ0) is 17.7. The van der Waals surface area contributed by atoms with Crippen molar-refractivity contribution in [3.8, 4) is 5.75 Å². The van der Waals surface area contributed by atoms with Crippen molar-refractivity contribution < 1.29 is 22.7 Å². The first-order chi connectivity index (χ1) is 11.2. The van der Waals surface area contributed by atoms with Crippen molar-refractivity contribution in [3.05, 3.63) is 64.7 Å². The molecule has 1 atom stereocenters. The molecule has 0 spiro atoms. The van der Waals surface area contributed by atoms with Gasteiger partial charge in [0.05, 0.1) is 12.5 Å². The molecule has 0 aliphatic rings. The molecule has 24 heavy (non-hydrogen) atoms. The highest BCUT2D eigenvalue weighted by molar-refractivity contribution is 6.30. The number of carbonyl (C=O) groups is 1. The maximum absolute atomic E-state index is 12.1. The average molecular weight is 358 g/mol. The lowest BCUT2D eigenvalue weighted by atomic mass is 10.1. The van der Waals surface area contributed by atoms with Crippen LogP contribution in [0.25, 0.3) is 0 Å². The van der Waals surface area contributed by atoms with Crippen molar-refractivity contribution in [3.63, 3.8) is 0 Å². The maximum Gasteiger partial charge on any atom is 0.573 e.